The van der Waals surface area contributed by atoms with E-state index in [1.54, 1.807) is 0 Å². The summed E-state index contributed by atoms with van der Waals surface area (Å²) in [5.41, 5.74) is 3.71. The molecule has 0 unspecified atom stereocenters. The maximum absolute atomic E-state index is 4.04. The van der Waals surface area contributed by atoms with Gasteiger partial charge in [-0.15, -0.1) is 5.10 Å². The van der Waals surface area contributed by atoms with Crippen molar-refractivity contribution in [2.24, 2.45) is 7.05 Å². The van der Waals surface area contributed by atoms with E-state index in [1.165, 1.54) is 11.3 Å². The molecule has 0 saturated heterocycles. The number of allylic oxidation sites excluding steroid dienone is 1. The fourth-order valence-corrected chi connectivity index (χ4v) is 1.42. The van der Waals surface area contributed by atoms with Gasteiger partial charge in [-0.25, -0.2) is 0 Å². The largest absolute Gasteiger partial charge is 0.252 e. The first-order valence-electron chi connectivity index (χ1n) is 3.83. The van der Waals surface area contributed by atoms with Crippen molar-refractivity contribution in [2.45, 2.75) is 19.8 Å². The zero-order valence-electron chi connectivity index (χ0n) is 6.83. The van der Waals surface area contributed by atoms with Crippen LogP contribution in [0.2, 0.25) is 0 Å². The van der Waals surface area contributed by atoms with E-state index in [2.05, 4.69) is 23.3 Å². The normalized spacial score (nSPS) is 16.0. The molecule has 0 atom stereocenters. The van der Waals surface area contributed by atoms with Gasteiger partial charge in [-0.2, -0.15) is 0 Å². The highest BCUT2D eigenvalue weighted by Crippen LogP contribution is 2.20. The molecule has 2 rings (SSSR count). The van der Waals surface area contributed by atoms with Gasteiger partial charge < -0.3 is 0 Å². The maximum atomic E-state index is 4.04. The molecule has 0 aliphatic heterocycles. The van der Waals surface area contributed by atoms with Crippen LogP contribution in [0, 0.1) is 0 Å². The third-order valence-electron chi connectivity index (χ3n) is 2.11. The number of aryl methyl sites for hydroxylation is 1. The van der Waals surface area contributed by atoms with Crippen LogP contribution in [0.4, 0.5) is 0 Å². The van der Waals surface area contributed by atoms with E-state index in [4.69, 9.17) is 0 Å². The molecule has 0 N–H and O–H groups in total. The Labute approximate surface area is 65.7 Å². The number of hydrogen-bond acceptors (Lipinski definition) is 2. The van der Waals surface area contributed by atoms with Gasteiger partial charge in [0, 0.05) is 7.05 Å². The van der Waals surface area contributed by atoms with Crippen LogP contribution >= 0.6 is 0 Å². The van der Waals surface area contributed by atoms with Crippen LogP contribution in [0.25, 0.3) is 6.08 Å². The number of hydrogen-bond donors (Lipinski definition) is 0. The highest BCUT2D eigenvalue weighted by atomic mass is 15.4. The second-order valence-electron chi connectivity index (χ2n) is 3.04. The maximum Gasteiger partial charge on any atom is 0.108 e. The van der Waals surface area contributed by atoms with Crippen LogP contribution in [-0.4, -0.2) is 15.0 Å². The molecule has 0 fully saturated rings. The minimum atomic E-state index is 1.05. The first-order valence-corrected chi connectivity index (χ1v) is 3.83. The molecule has 0 amide bonds. The summed E-state index contributed by atoms with van der Waals surface area (Å²) in [5.74, 6) is 0. The number of fused-ring (bicyclic) bond motifs is 1. The molecule has 1 heterocycles. The van der Waals surface area contributed by atoms with Crippen LogP contribution in [0.1, 0.15) is 24.7 Å². The molecule has 0 aromatic carbocycles. The van der Waals surface area contributed by atoms with Gasteiger partial charge in [0.25, 0.3) is 0 Å². The summed E-state index contributed by atoms with van der Waals surface area (Å²) in [6.07, 6.45) is 4.35. The van der Waals surface area contributed by atoms with Gasteiger partial charge in [-0.1, -0.05) is 10.8 Å². The van der Waals surface area contributed by atoms with Crippen molar-refractivity contribution in [3.63, 3.8) is 0 Å². The average Bonchev–Trinajstić information content (AvgIpc) is 2.32. The molecule has 1 aromatic heterocycles. The Morgan fingerprint density at radius 1 is 1.45 bits per heavy atom. The molecular formula is C8H11N3. The minimum absolute atomic E-state index is 1.05. The number of aromatic nitrogens is 3. The van der Waals surface area contributed by atoms with E-state index >= 15 is 0 Å². The summed E-state index contributed by atoms with van der Waals surface area (Å²) in [5, 5.41) is 8.00. The van der Waals surface area contributed by atoms with Crippen molar-refractivity contribution in [3.8, 4) is 0 Å². The van der Waals surface area contributed by atoms with Gasteiger partial charge in [0.1, 0.15) is 5.69 Å². The standard InChI is InChI=1S/C8H11N3/c1-6-3-4-8-7(5-6)9-10-11(8)2/h5H,3-4H2,1-2H3. The summed E-state index contributed by atoms with van der Waals surface area (Å²) < 4.78 is 1.86. The minimum Gasteiger partial charge on any atom is -0.252 e. The lowest BCUT2D eigenvalue weighted by molar-refractivity contribution is 0.671. The second-order valence-corrected chi connectivity index (χ2v) is 3.04. The summed E-state index contributed by atoms with van der Waals surface area (Å²) in [4.78, 5) is 0. The van der Waals surface area contributed by atoms with Gasteiger partial charge in [0.2, 0.25) is 0 Å². The summed E-state index contributed by atoms with van der Waals surface area (Å²) >= 11 is 0. The Morgan fingerprint density at radius 2 is 2.27 bits per heavy atom. The first kappa shape index (κ1) is 6.58. The van der Waals surface area contributed by atoms with Gasteiger partial charge >= 0.3 is 0 Å². The van der Waals surface area contributed by atoms with E-state index < -0.39 is 0 Å². The van der Waals surface area contributed by atoms with Gasteiger partial charge in [-0.05, 0) is 25.8 Å². The Hall–Kier alpha value is -1.12. The molecule has 3 nitrogen and oxygen atoms in total. The van der Waals surface area contributed by atoms with E-state index in [9.17, 15) is 0 Å². The Bertz CT molecular complexity index is 309. The van der Waals surface area contributed by atoms with E-state index in [1.807, 2.05) is 11.7 Å². The van der Waals surface area contributed by atoms with Crippen LogP contribution in [0.15, 0.2) is 5.57 Å². The Kier molecular flexibility index (Phi) is 1.31. The first-order chi connectivity index (χ1) is 5.27. The van der Waals surface area contributed by atoms with Gasteiger partial charge in [0.15, 0.2) is 0 Å². The molecule has 0 bridgehead atoms. The fourth-order valence-electron chi connectivity index (χ4n) is 1.42. The zero-order chi connectivity index (χ0) is 7.84. The van der Waals surface area contributed by atoms with Gasteiger partial charge in [0.05, 0.1) is 5.69 Å². The molecule has 3 heteroatoms. The molecular weight excluding hydrogens is 138 g/mol. The van der Waals surface area contributed by atoms with E-state index in [0.29, 0.717) is 0 Å². The lowest BCUT2D eigenvalue weighted by Gasteiger charge is -2.08. The summed E-state index contributed by atoms with van der Waals surface area (Å²) in [6, 6.07) is 0. The Morgan fingerprint density at radius 3 is 3.09 bits per heavy atom. The third kappa shape index (κ3) is 0.964. The number of rotatable bonds is 0. The van der Waals surface area contributed by atoms with Gasteiger partial charge in [-0.3, -0.25) is 4.68 Å². The van der Waals surface area contributed by atoms with Crippen molar-refractivity contribution < 1.29 is 0 Å². The number of nitrogens with zero attached hydrogens (tertiary/aromatic N) is 3. The molecule has 11 heavy (non-hydrogen) atoms. The Balaban J connectivity index is 2.53. The monoisotopic (exact) mass is 149 g/mol. The topological polar surface area (TPSA) is 30.7 Å². The van der Waals surface area contributed by atoms with Crippen molar-refractivity contribution in [3.05, 3.63) is 17.0 Å². The SMILES string of the molecule is CC1=Cc2nnn(C)c2CC1. The zero-order valence-corrected chi connectivity index (χ0v) is 6.83. The third-order valence-corrected chi connectivity index (χ3v) is 2.11. The van der Waals surface area contributed by atoms with Crippen LogP contribution in [0.3, 0.4) is 0 Å². The molecule has 0 saturated carbocycles. The molecule has 0 radical (unpaired) electrons. The molecule has 58 valence electrons. The van der Waals surface area contributed by atoms with E-state index in [0.717, 1.165) is 18.5 Å². The van der Waals surface area contributed by atoms with E-state index in [-0.39, 0.29) is 0 Å². The van der Waals surface area contributed by atoms with Crippen molar-refractivity contribution in [1.29, 1.82) is 0 Å². The van der Waals surface area contributed by atoms with Crippen LogP contribution in [-0.2, 0) is 13.5 Å². The van der Waals surface area contributed by atoms with Crippen molar-refractivity contribution >= 4 is 6.08 Å². The molecule has 1 aliphatic rings. The lowest BCUT2D eigenvalue weighted by atomic mass is 10.0. The lowest BCUT2D eigenvalue weighted by Crippen LogP contribution is -2.02. The predicted octanol–water partition coefficient (Wildman–Crippen LogP) is 1.16. The van der Waals surface area contributed by atoms with Crippen molar-refractivity contribution in [2.75, 3.05) is 0 Å². The highest BCUT2D eigenvalue weighted by molar-refractivity contribution is 5.53. The average molecular weight is 149 g/mol. The molecule has 0 spiro atoms. The molecule has 1 aliphatic carbocycles. The van der Waals surface area contributed by atoms with Crippen molar-refractivity contribution in [1.82, 2.24) is 15.0 Å². The summed E-state index contributed by atoms with van der Waals surface area (Å²) in [7, 11) is 1.94. The second kappa shape index (κ2) is 2.19. The predicted molar refractivity (Wildman–Crippen MR) is 43.0 cm³/mol. The highest BCUT2D eigenvalue weighted by Gasteiger charge is 2.12. The quantitative estimate of drug-likeness (QED) is 0.554. The summed E-state index contributed by atoms with van der Waals surface area (Å²) in [6.45, 7) is 2.14. The molecule has 1 aromatic rings. The smallest absolute Gasteiger partial charge is 0.108 e. The van der Waals surface area contributed by atoms with Crippen LogP contribution < -0.4 is 0 Å². The van der Waals surface area contributed by atoms with Crippen LogP contribution in [0.5, 0.6) is 0 Å². The fraction of sp³-hybridized carbons (Fsp3) is 0.500.